The van der Waals surface area contributed by atoms with Crippen LogP contribution in [0.1, 0.15) is 39.2 Å². The standard InChI is InChI=1S/C38H38F4N6O8S/c1-22(23-6-11-26(39)12-7-23)33(49)44-27-13-8-24(9-14-27)25-10-17-31-45-35(46-47(31)19-25)48(36(51)56-21-55-34(50)32(43)37(2,3)4)29-16-15-28(57(5,52)53)18-30(29)54-20-38(40,41)42/h6-19,22,32H,20-21,43H2,1-5H3,(H,44,49)/t22-,32-/m1/s1. The van der Waals surface area contributed by atoms with Crippen molar-refractivity contribution < 1.29 is 54.6 Å². The summed E-state index contributed by atoms with van der Waals surface area (Å²) in [6.07, 6.45) is -3.81. The first-order chi connectivity index (χ1) is 26.6. The lowest BCUT2D eigenvalue weighted by Crippen LogP contribution is -2.43. The van der Waals surface area contributed by atoms with Crippen molar-refractivity contribution in [1.29, 1.82) is 0 Å². The van der Waals surface area contributed by atoms with Crippen molar-refractivity contribution in [2.75, 3.05) is 29.9 Å². The van der Waals surface area contributed by atoms with Crippen molar-refractivity contribution in [3.8, 4) is 16.9 Å². The molecule has 5 aromatic rings. The molecule has 0 bridgehead atoms. The minimum absolute atomic E-state index is 0.165. The molecule has 2 aromatic heterocycles. The molecule has 2 atom stereocenters. The van der Waals surface area contributed by atoms with Crippen molar-refractivity contribution in [3.63, 3.8) is 0 Å². The molecule has 57 heavy (non-hydrogen) atoms. The minimum atomic E-state index is -4.85. The number of rotatable bonds is 12. The van der Waals surface area contributed by atoms with Gasteiger partial charge in [0.1, 0.15) is 17.6 Å². The summed E-state index contributed by atoms with van der Waals surface area (Å²) in [7, 11) is -3.96. The van der Waals surface area contributed by atoms with Gasteiger partial charge in [-0.15, -0.1) is 5.10 Å². The van der Waals surface area contributed by atoms with E-state index in [1.807, 2.05) is 0 Å². The largest absolute Gasteiger partial charge is 0.482 e. The van der Waals surface area contributed by atoms with Crippen molar-refractivity contribution in [3.05, 3.63) is 96.4 Å². The summed E-state index contributed by atoms with van der Waals surface area (Å²) in [4.78, 5) is 43.6. The van der Waals surface area contributed by atoms with E-state index in [1.165, 1.54) is 28.8 Å². The third-order valence-electron chi connectivity index (χ3n) is 8.51. The molecule has 0 unspecified atom stereocenters. The minimum Gasteiger partial charge on any atom is -0.482 e. The number of benzene rings is 3. The Balaban J connectivity index is 1.46. The highest BCUT2D eigenvalue weighted by molar-refractivity contribution is 7.90. The molecule has 3 N–H and O–H groups in total. The van der Waals surface area contributed by atoms with Crippen LogP contribution in [0.2, 0.25) is 0 Å². The maximum Gasteiger partial charge on any atom is 0.424 e. The molecular weight excluding hydrogens is 777 g/mol. The zero-order valence-corrected chi connectivity index (χ0v) is 32.0. The van der Waals surface area contributed by atoms with Gasteiger partial charge >= 0.3 is 18.2 Å². The van der Waals surface area contributed by atoms with E-state index >= 15 is 0 Å². The number of nitrogens with two attached hydrogens (primary N) is 1. The fourth-order valence-corrected chi connectivity index (χ4v) is 5.79. The Bertz CT molecular complexity index is 2380. The number of carbonyl (C=O) groups excluding carboxylic acids is 3. The smallest absolute Gasteiger partial charge is 0.424 e. The van der Waals surface area contributed by atoms with Gasteiger partial charge in [0.15, 0.2) is 22.1 Å². The number of sulfone groups is 1. The van der Waals surface area contributed by atoms with Gasteiger partial charge in [-0.2, -0.15) is 18.2 Å². The highest BCUT2D eigenvalue weighted by Crippen LogP contribution is 2.37. The van der Waals surface area contributed by atoms with Gasteiger partial charge in [-0.3, -0.25) is 9.59 Å². The first kappa shape index (κ1) is 42.1. The maximum absolute atomic E-state index is 13.7. The number of hydrogen-bond acceptors (Lipinski definition) is 11. The SMILES string of the molecule is C[C@@H](C(=O)Nc1ccc(-c2ccc3nc(N(C(=O)OCOC(=O)[C@@H](N)C(C)(C)C)c4ccc(S(C)(=O)=O)cc4OCC(F)(F)F)nn3c2)cc1)c1ccc(F)cc1. The normalized spacial score (nSPS) is 13.1. The van der Waals surface area contributed by atoms with E-state index in [0.29, 0.717) is 27.3 Å². The highest BCUT2D eigenvalue weighted by Gasteiger charge is 2.33. The lowest BCUT2D eigenvalue weighted by atomic mass is 9.87. The lowest BCUT2D eigenvalue weighted by molar-refractivity contribution is -0.156. The fraction of sp³-hybridized carbons (Fsp3) is 0.289. The average molecular weight is 815 g/mol. The quantitative estimate of drug-likeness (QED) is 0.0770. The summed E-state index contributed by atoms with van der Waals surface area (Å²) in [6.45, 7) is 3.94. The van der Waals surface area contributed by atoms with E-state index in [1.54, 1.807) is 70.3 Å². The third-order valence-corrected chi connectivity index (χ3v) is 9.62. The number of anilines is 3. The molecule has 0 aliphatic rings. The van der Waals surface area contributed by atoms with E-state index in [9.17, 15) is 40.4 Å². The first-order valence-corrected chi connectivity index (χ1v) is 19.0. The Morgan fingerprint density at radius 2 is 1.58 bits per heavy atom. The molecule has 2 amide bonds. The van der Waals surface area contributed by atoms with Gasteiger partial charge in [-0.05, 0) is 72.0 Å². The maximum atomic E-state index is 13.7. The number of nitrogens with zero attached hydrogens (tertiary/aromatic N) is 4. The summed E-state index contributed by atoms with van der Waals surface area (Å²) in [5.41, 5.74) is 7.34. The number of amides is 2. The molecule has 14 nitrogen and oxygen atoms in total. The van der Waals surface area contributed by atoms with E-state index < -0.39 is 86.9 Å². The average Bonchev–Trinajstić information content (AvgIpc) is 3.56. The van der Waals surface area contributed by atoms with Crippen LogP contribution in [-0.2, 0) is 28.9 Å². The zero-order chi connectivity index (χ0) is 41.9. The van der Waals surface area contributed by atoms with Gasteiger partial charge in [-0.1, -0.05) is 45.0 Å². The molecule has 0 saturated carbocycles. The van der Waals surface area contributed by atoms with Crippen molar-refractivity contribution in [2.24, 2.45) is 11.1 Å². The lowest BCUT2D eigenvalue weighted by Gasteiger charge is -2.25. The molecule has 302 valence electrons. The number of halogens is 4. The van der Waals surface area contributed by atoms with Crippen LogP contribution >= 0.6 is 0 Å². The second-order valence-electron chi connectivity index (χ2n) is 13.9. The number of fused-ring (bicyclic) bond motifs is 1. The number of alkyl halides is 3. The molecule has 0 aliphatic carbocycles. The molecule has 0 spiro atoms. The number of ether oxygens (including phenoxy) is 3. The van der Waals surface area contributed by atoms with Crippen LogP contribution in [0.5, 0.6) is 5.75 Å². The zero-order valence-electron chi connectivity index (χ0n) is 31.2. The topological polar surface area (TPSA) is 185 Å². The molecule has 0 fully saturated rings. The number of aromatic nitrogens is 3. The first-order valence-electron chi connectivity index (χ1n) is 17.1. The van der Waals surface area contributed by atoms with Crippen LogP contribution in [0.3, 0.4) is 0 Å². The molecule has 0 saturated heterocycles. The second-order valence-corrected chi connectivity index (χ2v) is 16.0. The van der Waals surface area contributed by atoms with Crippen LogP contribution in [0, 0.1) is 11.2 Å². The Kier molecular flexibility index (Phi) is 12.2. The highest BCUT2D eigenvalue weighted by atomic mass is 32.2. The third kappa shape index (κ3) is 10.6. The molecular formula is C38H38F4N6O8S. The molecule has 2 heterocycles. The summed E-state index contributed by atoms with van der Waals surface area (Å²) in [5.74, 6) is -3.30. The van der Waals surface area contributed by atoms with Gasteiger partial charge < -0.3 is 25.3 Å². The molecule has 19 heteroatoms. The summed E-state index contributed by atoms with van der Waals surface area (Å²) >= 11 is 0. The number of esters is 1. The van der Waals surface area contributed by atoms with Crippen LogP contribution in [0.25, 0.3) is 16.8 Å². The van der Waals surface area contributed by atoms with Gasteiger partial charge in [0, 0.05) is 29.8 Å². The van der Waals surface area contributed by atoms with E-state index in [-0.39, 0.29) is 11.6 Å². The number of nitrogens with one attached hydrogen (secondary N) is 1. The molecule has 3 aromatic carbocycles. The van der Waals surface area contributed by atoms with Crippen LogP contribution < -0.4 is 20.7 Å². The van der Waals surface area contributed by atoms with Crippen molar-refractivity contribution in [2.45, 2.75) is 50.7 Å². The second kappa shape index (κ2) is 16.6. The van der Waals surface area contributed by atoms with Crippen molar-refractivity contribution >= 4 is 50.8 Å². The van der Waals surface area contributed by atoms with Gasteiger partial charge in [0.05, 0.1) is 16.5 Å². The number of hydrogen-bond donors (Lipinski definition) is 2. The van der Waals surface area contributed by atoms with E-state index in [0.717, 1.165) is 24.5 Å². The Morgan fingerprint density at radius 3 is 2.19 bits per heavy atom. The Labute approximate surface area is 324 Å². The van der Waals surface area contributed by atoms with E-state index in [4.69, 9.17) is 19.9 Å². The predicted octanol–water partition coefficient (Wildman–Crippen LogP) is 6.77. The molecule has 5 rings (SSSR count). The van der Waals surface area contributed by atoms with Crippen LogP contribution in [0.4, 0.5) is 39.7 Å². The van der Waals surface area contributed by atoms with Crippen LogP contribution in [-0.4, -0.2) is 72.9 Å². The molecule has 0 aliphatic heterocycles. The number of pyridine rings is 1. The van der Waals surface area contributed by atoms with Gasteiger partial charge in [-0.25, -0.2) is 27.0 Å². The monoisotopic (exact) mass is 814 g/mol. The van der Waals surface area contributed by atoms with Gasteiger partial charge in [0.2, 0.25) is 12.7 Å². The summed E-state index contributed by atoms with van der Waals surface area (Å²) in [5, 5.41) is 7.18. The van der Waals surface area contributed by atoms with Gasteiger partial charge in [0.25, 0.3) is 5.95 Å². The Morgan fingerprint density at radius 1 is 0.930 bits per heavy atom. The molecule has 0 radical (unpaired) electrons. The number of carbonyl (C=O) groups is 3. The van der Waals surface area contributed by atoms with Crippen LogP contribution in [0.15, 0.2) is 90.0 Å². The fourth-order valence-electron chi connectivity index (χ4n) is 5.15. The predicted molar refractivity (Wildman–Crippen MR) is 200 cm³/mol. The summed E-state index contributed by atoms with van der Waals surface area (Å²) in [6, 6.07) is 17.4. The summed E-state index contributed by atoms with van der Waals surface area (Å²) < 4.78 is 94.4. The Hall–Kier alpha value is -6.08. The van der Waals surface area contributed by atoms with E-state index in [2.05, 4.69) is 15.4 Å². The van der Waals surface area contributed by atoms with Crippen molar-refractivity contribution in [1.82, 2.24) is 14.6 Å².